The van der Waals surface area contributed by atoms with Crippen molar-refractivity contribution >= 4 is 27.7 Å². The predicted octanol–water partition coefficient (Wildman–Crippen LogP) is 1.48. The average Bonchev–Trinajstić information content (AvgIpc) is 3.23. The summed E-state index contributed by atoms with van der Waals surface area (Å²) in [5, 5.41) is 2.80. The number of fused-ring (bicyclic) bond motifs is 3. The van der Waals surface area contributed by atoms with E-state index in [-0.39, 0.29) is 41.9 Å². The SMILES string of the molecule is C[C@@H]1COC[C@H]2COc3c(nc(C(=O)N4CC[C@@H](NC(=O)OC(C)(C)C)C4)nc3C(C)(C)S(C)(=O)=O)N21. The van der Waals surface area contributed by atoms with Crippen LogP contribution < -0.4 is 15.0 Å². The van der Waals surface area contributed by atoms with Gasteiger partial charge < -0.3 is 29.3 Å². The molecule has 0 aliphatic carbocycles. The van der Waals surface area contributed by atoms with Crippen molar-refractivity contribution in [3.8, 4) is 5.75 Å². The van der Waals surface area contributed by atoms with Crippen LogP contribution in [0.1, 0.15) is 64.3 Å². The number of carbonyl (C=O) groups excluding carboxylic acids is 2. The molecule has 0 radical (unpaired) electrons. The van der Waals surface area contributed by atoms with E-state index in [0.29, 0.717) is 38.6 Å². The quantitative estimate of drug-likeness (QED) is 0.598. The molecule has 3 aliphatic rings. The molecule has 12 nitrogen and oxygen atoms in total. The molecule has 2 amide bonds. The Kier molecular flexibility index (Phi) is 7.08. The van der Waals surface area contributed by atoms with Gasteiger partial charge in [-0.1, -0.05) is 0 Å². The van der Waals surface area contributed by atoms with Crippen LogP contribution in [-0.2, 0) is 24.1 Å². The van der Waals surface area contributed by atoms with E-state index in [2.05, 4.69) is 15.3 Å². The van der Waals surface area contributed by atoms with E-state index in [1.165, 1.54) is 0 Å². The number of sulfone groups is 1. The molecule has 1 aromatic heterocycles. The number of anilines is 1. The highest BCUT2D eigenvalue weighted by molar-refractivity contribution is 7.91. The summed E-state index contributed by atoms with van der Waals surface area (Å²) in [6.07, 6.45) is 1.14. The van der Waals surface area contributed by atoms with Gasteiger partial charge in [-0.3, -0.25) is 4.79 Å². The topological polar surface area (TPSA) is 140 Å². The molecule has 2 fully saturated rings. The van der Waals surface area contributed by atoms with Crippen molar-refractivity contribution in [3.63, 3.8) is 0 Å². The molecule has 0 saturated carbocycles. The van der Waals surface area contributed by atoms with Gasteiger partial charge in [-0.2, -0.15) is 0 Å². The van der Waals surface area contributed by atoms with Gasteiger partial charge in [-0.25, -0.2) is 23.2 Å². The van der Waals surface area contributed by atoms with Gasteiger partial charge in [0.25, 0.3) is 5.91 Å². The zero-order valence-electron chi connectivity index (χ0n) is 22.5. The summed E-state index contributed by atoms with van der Waals surface area (Å²) in [5.74, 6) is 0.138. The predicted molar refractivity (Wildman–Crippen MR) is 136 cm³/mol. The smallest absolute Gasteiger partial charge is 0.407 e. The van der Waals surface area contributed by atoms with E-state index in [1.54, 1.807) is 39.5 Å². The third-order valence-corrected chi connectivity index (χ3v) is 8.98. The molecule has 1 aromatic rings. The summed E-state index contributed by atoms with van der Waals surface area (Å²) < 4.78 is 41.1. The third-order valence-electron chi connectivity index (χ3n) is 6.93. The lowest BCUT2D eigenvalue weighted by Crippen LogP contribution is -2.56. The molecule has 13 heteroatoms. The summed E-state index contributed by atoms with van der Waals surface area (Å²) in [6.45, 7) is 12.3. The van der Waals surface area contributed by atoms with Crippen molar-refractivity contribution in [2.24, 2.45) is 0 Å². The number of alkyl carbamates (subject to hydrolysis) is 1. The van der Waals surface area contributed by atoms with Crippen LogP contribution >= 0.6 is 0 Å². The van der Waals surface area contributed by atoms with Crippen LogP contribution in [0.15, 0.2) is 0 Å². The number of aromatic nitrogens is 2. The van der Waals surface area contributed by atoms with Crippen LogP contribution in [0, 0.1) is 0 Å². The number of ether oxygens (including phenoxy) is 3. The molecule has 0 unspecified atom stereocenters. The maximum Gasteiger partial charge on any atom is 0.407 e. The monoisotopic (exact) mass is 539 g/mol. The zero-order chi connectivity index (χ0) is 27.3. The van der Waals surface area contributed by atoms with Gasteiger partial charge >= 0.3 is 6.09 Å². The third kappa shape index (κ3) is 5.47. The van der Waals surface area contributed by atoms with Crippen molar-refractivity contribution in [2.45, 2.75) is 76.4 Å². The molecular weight excluding hydrogens is 502 g/mol. The van der Waals surface area contributed by atoms with Gasteiger partial charge in [-0.05, 0) is 48.0 Å². The lowest BCUT2D eigenvalue weighted by Gasteiger charge is -2.45. The second kappa shape index (κ2) is 9.57. The number of nitrogens with one attached hydrogen (secondary N) is 1. The van der Waals surface area contributed by atoms with Crippen LogP contribution in [0.25, 0.3) is 0 Å². The lowest BCUT2D eigenvalue weighted by molar-refractivity contribution is 0.0479. The van der Waals surface area contributed by atoms with E-state index >= 15 is 0 Å². The molecule has 0 spiro atoms. The second-order valence-electron chi connectivity index (χ2n) is 11.5. The Morgan fingerprint density at radius 1 is 1.11 bits per heavy atom. The minimum atomic E-state index is -3.63. The first-order valence-electron chi connectivity index (χ1n) is 12.5. The zero-order valence-corrected chi connectivity index (χ0v) is 23.3. The first-order chi connectivity index (χ1) is 17.1. The Bertz CT molecular complexity index is 1180. The van der Waals surface area contributed by atoms with Gasteiger partial charge in [0.15, 0.2) is 21.4 Å². The normalized spacial score (nSPS) is 24.1. The van der Waals surface area contributed by atoms with E-state index in [0.717, 1.165) is 6.26 Å². The highest BCUT2D eigenvalue weighted by Crippen LogP contribution is 2.43. The summed E-state index contributed by atoms with van der Waals surface area (Å²) in [6, 6.07) is -0.449. The summed E-state index contributed by atoms with van der Waals surface area (Å²) in [4.78, 5) is 38.5. The number of hydrogen-bond donors (Lipinski definition) is 1. The van der Waals surface area contributed by atoms with Crippen molar-refractivity contribution in [1.29, 1.82) is 0 Å². The first-order valence-corrected chi connectivity index (χ1v) is 14.4. The van der Waals surface area contributed by atoms with Crippen LogP contribution in [0.3, 0.4) is 0 Å². The number of nitrogens with zero attached hydrogens (tertiary/aromatic N) is 4. The fourth-order valence-electron chi connectivity index (χ4n) is 4.69. The highest BCUT2D eigenvalue weighted by atomic mass is 32.2. The van der Waals surface area contributed by atoms with Crippen molar-refractivity contribution in [3.05, 3.63) is 11.5 Å². The fourth-order valence-corrected chi connectivity index (χ4v) is 5.18. The first kappa shape index (κ1) is 27.4. The van der Waals surface area contributed by atoms with Gasteiger partial charge in [0.2, 0.25) is 5.82 Å². The van der Waals surface area contributed by atoms with Gasteiger partial charge in [0.05, 0.1) is 31.3 Å². The maximum absolute atomic E-state index is 13.6. The Hall–Kier alpha value is -2.67. The van der Waals surface area contributed by atoms with E-state index in [1.807, 2.05) is 11.8 Å². The number of likely N-dealkylation sites (tertiary alicyclic amines) is 1. The Morgan fingerprint density at radius 3 is 2.46 bits per heavy atom. The van der Waals surface area contributed by atoms with Crippen molar-refractivity contribution in [2.75, 3.05) is 44.1 Å². The largest absolute Gasteiger partial charge is 0.486 e. The molecule has 0 aromatic carbocycles. The van der Waals surface area contributed by atoms with E-state index in [4.69, 9.17) is 14.2 Å². The maximum atomic E-state index is 13.6. The molecule has 3 atom stereocenters. The van der Waals surface area contributed by atoms with Gasteiger partial charge in [-0.15, -0.1) is 0 Å². The number of hydrogen-bond acceptors (Lipinski definition) is 10. The molecule has 1 N–H and O–H groups in total. The van der Waals surface area contributed by atoms with E-state index < -0.39 is 32.2 Å². The van der Waals surface area contributed by atoms with Gasteiger partial charge in [0.1, 0.15) is 22.6 Å². The number of morpholine rings is 1. The molecule has 4 rings (SSSR count). The Morgan fingerprint density at radius 2 is 1.81 bits per heavy atom. The molecule has 3 aliphatic heterocycles. The highest BCUT2D eigenvalue weighted by Gasteiger charge is 2.44. The summed E-state index contributed by atoms with van der Waals surface area (Å²) in [5.41, 5.74) is -0.475. The van der Waals surface area contributed by atoms with Crippen molar-refractivity contribution < 1.29 is 32.2 Å². The number of rotatable bonds is 4. The van der Waals surface area contributed by atoms with Crippen LogP contribution in [-0.4, -0.2) is 98.2 Å². The molecule has 2 saturated heterocycles. The standard InChI is InChI=1S/C24H37N5O7S/c1-14-11-34-12-16-13-35-17-18(24(5,6)37(7,32)33)26-19(27-20(17)29(14)16)21(30)28-9-8-15(10-28)25-22(31)36-23(2,3)4/h14-16H,8-13H2,1-7H3,(H,25,31)/t14-,15-,16+/m1/s1. The molecule has 0 bridgehead atoms. The Labute approximate surface area is 218 Å². The Balaban J connectivity index is 1.67. The summed E-state index contributed by atoms with van der Waals surface area (Å²) >= 11 is 0. The average molecular weight is 540 g/mol. The lowest BCUT2D eigenvalue weighted by atomic mass is 10.0. The molecule has 206 valence electrons. The summed E-state index contributed by atoms with van der Waals surface area (Å²) in [7, 11) is -3.63. The van der Waals surface area contributed by atoms with Crippen LogP contribution in [0.4, 0.5) is 10.6 Å². The number of carbonyl (C=O) groups is 2. The minimum Gasteiger partial charge on any atom is -0.486 e. The van der Waals surface area contributed by atoms with Gasteiger partial charge in [0, 0.05) is 19.3 Å². The fraction of sp³-hybridized carbons (Fsp3) is 0.750. The van der Waals surface area contributed by atoms with Crippen molar-refractivity contribution in [1.82, 2.24) is 20.2 Å². The van der Waals surface area contributed by atoms with Crippen LogP contribution in [0.5, 0.6) is 5.75 Å². The molecule has 37 heavy (non-hydrogen) atoms. The molecule has 4 heterocycles. The number of amides is 2. The van der Waals surface area contributed by atoms with E-state index in [9.17, 15) is 18.0 Å². The van der Waals surface area contributed by atoms with Crippen LogP contribution in [0.2, 0.25) is 0 Å². The molecular formula is C24H37N5O7S. The minimum absolute atomic E-state index is 0.0531. The second-order valence-corrected chi connectivity index (χ2v) is 14.0.